The van der Waals surface area contributed by atoms with Crippen LogP contribution >= 0.6 is 11.8 Å². The van der Waals surface area contributed by atoms with E-state index in [1.807, 2.05) is 54.6 Å². The summed E-state index contributed by atoms with van der Waals surface area (Å²) in [6.45, 7) is 7.49. The van der Waals surface area contributed by atoms with E-state index in [0.29, 0.717) is 18.1 Å². The summed E-state index contributed by atoms with van der Waals surface area (Å²) >= 11 is 1.51. The van der Waals surface area contributed by atoms with Crippen LogP contribution in [-0.4, -0.2) is 7.11 Å². The molecule has 0 aliphatic carbocycles. The molecule has 0 fully saturated rings. The van der Waals surface area contributed by atoms with Crippen molar-refractivity contribution in [3.63, 3.8) is 0 Å². The van der Waals surface area contributed by atoms with Gasteiger partial charge in [-0.15, -0.1) is 11.8 Å². The summed E-state index contributed by atoms with van der Waals surface area (Å²) in [6.07, 6.45) is 0. The van der Waals surface area contributed by atoms with E-state index in [1.54, 1.807) is 13.2 Å². The van der Waals surface area contributed by atoms with Gasteiger partial charge in [-0.25, -0.2) is 9.24 Å². The zero-order chi connectivity index (χ0) is 19.1. The number of nitrogens with zero attached hydrogens (tertiary/aromatic N) is 1. The average Bonchev–Trinajstić information content (AvgIpc) is 2.72. The van der Waals surface area contributed by atoms with E-state index >= 15 is 0 Å². The first-order valence-corrected chi connectivity index (χ1v) is 9.31. The second kappa shape index (κ2) is 9.11. The molecule has 0 aromatic heterocycles. The van der Waals surface area contributed by atoms with Crippen LogP contribution in [0.2, 0.25) is 0 Å². The molecule has 0 aliphatic rings. The minimum absolute atomic E-state index is 0.000656. The Morgan fingerprint density at radius 1 is 1.00 bits per heavy atom. The highest BCUT2D eigenvalue weighted by molar-refractivity contribution is 7.98. The number of methoxy groups -OCH3 is 1. The lowest BCUT2D eigenvalue weighted by Crippen LogP contribution is -1.97. The standard InChI is InChI=1S/C22H18FNO2S/c1-24-20-13-22(27-15-17-8-10-18(25-2)11-9-17)21(12-19(20)23)26-14-16-6-4-3-5-7-16/h3-13H,14-15H2,2H3. The Morgan fingerprint density at radius 2 is 1.74 bits per heavy atom. The van der Waals surface area contributed by atoms with E-state index < -0.39 is 5.82 Å². The van der Waals surface area contributed by atoms with Gasteiger partial charge in [-0.05, 0) is 29.3 Å². The molecule has 0 spiro atoms. The normalized spacial score (nSPS) is 10.3. The maximum Gasteiger partial charge on any atom is 0.223 e. The third-order valence-corrected chi connectivity index (χ3v) is 5.03. The minimum atomic E-state index is -0.568. The summed E-state index contributed by atoms with van der Waals surface area (Å²) in [5.41, 5.74) is 2.10. The first-order valence-electron chi connectivity index (χ1n) is 8.33. The third kappa shape index (κ3) is 5.02. The lowest BCUT2D eigenvalue weighted by molar-refractivity contribution is 0.297. The SMILES string of the molecule is [C-]#[N+]c1cc(SCc2ccc(OC)cc2)c(OCc2ccccc2)cc1F. The zero-order valence-electron chi connectivity index (χ0n) is 14.8. The maximum atomic E-state index is 14.1. The van der Waals surface area contributed by atoms with E-state index in [9.17, 15) is 4.39 Å². The summed E-state index contributed by atoms with van der Waals surface area (Å²) in [5, 5.41) is 0. The molecule has 0 amide bonds. The van der Waals surface area contributed by atoms with Gasteiger partial charge in [0, 0.05) is 16.7 Å². The largest absolute Gasteiger partial charge is 0.497 e. The molecule has 3 aromatic carbocycles. The fourth-order valence-electron chi connectivity index (χ4n) is 2.45. The Bertz CT molecular complexity index is 937. The van der Waals surface area contributed by atoms with Crippen molar-refractivity contribution < 1.29 is 13.9 Å². The number of thioether (sulfide) groups is 1. The monoisotopic (exact) mass is 379 g/mol. The molecule has 3 nitrogen and oxygen atoms in total. The highest BCUT2D eigenvalue weighted by atomic mass is 32.2. The molecule has 0 heterocycles. The van der Waals surface area contributed by atoms with Gasteiger partial charge in [0.15, 0.2) is 0 Å². The van der Waals surface area contributed by atoms with Gasteiger partial charge in [0.25, 0.3) is 0 Å². The van der Waals surface area contributed by atoms with Crippen molar-refractivity contribution in [2.24, 2.45) is 0 Å². The van der Waals surface area contributed by atoms with Crippen LogP contribution < -0.4 is 9.47 Å². The van der Waals surface area contributed by atoms with E-state index in [4.69, 9.17) is 16.0 Å². The Labute approximate surface area is 162 Å². The van der Waals surface area contributed by atoms with E-state index in [0.717, 1.165) is 21.8 Å². The van der Waals surface area contributed by atoms with Gasteiger partial charge in [-0.1, -0.05) is 42.5 Å². The molecule has 0 aliphatic heterocycles. The van der Waals surface area contributed by atoms with Crippen LogP contribution in [0.25, 0.3) is 4.85 Å². The van der Waals surface area contributed by atoms with E-state index in [2.05, 4.69) is 4.85 Å². The molecule has 27 heavy (non-hydrogen) atoms. The Kier molecular flexibility index (Phi) is 6.35. The van der Waals surface area contributed by atoms with Crippen molar-refractivity contribution in [2.45, 2.75) is 17.3 Å². The van der Waals surface area contributed by atoms with Gasteiger partial charge < -0.3 is 9.47 Å². The molecular weight excluding hydrogens is 361 g/mol. The maximum absolute atomic E-state index is 14.1. The van der Waals surface area contributed by atoms with Crippen LogP contribution in [0.4, 0.5) is 10.1 Å². The highest BCUT2D eigenvalue weighted by Gasteiger charge is 2.12. The molecule has 136 valence electrons. The molecule has 0 radical (unpaired) electrons. The van der Waals surface area contributed by atoms with E-state index in [1.165, 1.54) is 17.8 Å². The van der Waals surface area contributed by atoms with Gasteiger partial charge in [-0.3, -0.25) is 0 Å². The van der Waals surface area contributed by atoms with Crippen molar-refractivity contribution in [1.82, 2.24) is 0 Å². The number of ether oxygens (including phenoxy) is 2. The number of benzene rings is 3. The van der Waals surface area contributed by atoms with Crippen LogP contribution in [0, 0.1) is 12.4 Å². The first-order chi connectivity index (χ1) is 13.2. The van der Waals surface area contributed by atoms with Crippen LogP contribution in [0.1, 0.15) is 11.1 Å². The summed E-state index contributed by atoms with van der Waals surface area (Å²) < 4.78 is 25.1. The summed E-state index contributed by atoms with van der Waals surface area (Å²) in [5.74, 6) is 1.35. The average molecular weight is 379 g/mol. The summed E-state index contributed by atoms with van der Waals surface area (Å²) in [6, 6.07) is 20.3. The fraction of sp³-hybridized carbons (Fsp3) is 0.136. The van der Waals surface area contributed by atoms with Gasteiger partial charge in [0.05, 0.1) is 13.7 Å². The first kappa shape index (κ1) is 18.8. The van der Waals surface area contributed by atoms with Gasteiger partial charge >= 0.3 is 0 Å². The topological polar surface area (TPSA) is 22.8 Å². The van der Waals surface area contributed by atoms with Crippen LogP contribution in [-0.2, 0) is 12.4 Å². The molecule has 0 atom stereocenters. The van der Waals surface area contributed by atoms with Crippen LogP contribution in [0.3, 0.4) is 0 Å². The molecule has 3 rings (SSSR count). The Balaban J connectivity index is 1.77. The minimum Gasteiger partial charge on any atom is -0.497 e. The number of halogens is 1. The predicted octanol–water partition coefficient (Wildman–Crippen LogP) is 6.26. The molecule has 3 aromatic rings. The second-order valence-electron chi connectivity index (χ2n) is 5.77. The van der Waals surface area contributed by atoms with Gasteiger partial charge in [0.2, 0.25) is 5.69 Å². The molecule has 0 saturated carbocycles. The smallest absolute Gasteiger partial charge is 0.223 e. The van der Waals surface area contributed by atoms with Crippen LogP contribution in [0.15, 0.2) is 71.6 Å². The summed E-state index contributed by atoms with van der Waals surface area (Å²) in [7, 11) is 1.63. The van der Waals surface area contributed by atoms with E-state index in [-0.39, 0.29) is 5.69 Å². The lowest BCUT2D eigenvalue weighted by atomic mass is 10.2. The van der Waals surface area contributed by atoms with Gasteiger partial charge in [-0.2, -0.15) is 0 Å². The fourth-order valence-corrected chi connectivity index (χ4v) is 3.42. The van der Waals surface area contributed by atoms with Crippen molar-refractivity contribution in [3.05, 3.63) is 95.1 Å². The molecule has 0 unspecified atom stereocenters. The van der Waals surface area contributed by atoms with Gasteiger partial charge in [0.1, 0.15) is 23.9 Å². The molecule has 0 saturated heterocycles. The Morgan fingerprint density at radius 3 is 2.41 bits per heavy atom. The van der Waals surface area contributed by atoms with Crippen molar-refractivity contribution >= 4 is 17.4 Å². The number of hydrogen-bond donors (Lipinski definition) is 0. The molecule has 5 heteroatoms. The second-order valence-corrected chi connectivity index (χ2v) is 6.79. The number of hydrogen-bond acceptors (Lipinski definition) is 3. The molecule has 0 bridgehead atoms. The zero-order valence-corrected chi connectivity index (χ0v) is 15.6. The molecule has 0 N–H and O–H groups in total. The summed E-state index contributed by atoms with van der Waals surface area (Å²) in [4.78, 5) is 4.00. The van der Waals surface area contributed by atoms with Crippen molar-refractivity contribution in [1.29, 1.82) is 0 Å². The van der Waals surface area contributed by atoms with Crippen LogP contribution in [0.5, 0.6) is 11.5 Å². The van der Waals surface area contributed by atoms with Crippen molar-refractivity contribution in [2.75, 3.05) is 7.11 Å². The Hall–Kier alpha value is -2.97. The van der Waals surface area contributed by atoms with Crippen molar-refractivity contribution in [3.8, 4) is 11.5 Å². The third-order valence-electron chi connectivity index (χ3n) is 3.92. The molecular formula is C22H18FNO2S. The lowest BCUT2D eigenvalue weighted by Gasteiger charge is -2.13. The predicted molar refractivity (Wildman–Crippen MR) is 106 cm³/mol. The quantitative estimate of drug-likeness (QED) is 0.358. The highest BCUT2D eigenvalue weighted by Crippen LogP contribution is 2.37. The number of rotatable bonds is 7.